The number of aryl methyl sites for hydroxylation is 1. The van der Waals surface area contributed by atoms with Crippen molar-refractivity contribution >= 4 is 5.69 Å². The number of aromatic hydroxyl groups is 1. The van der Waals surface area contributed by atoms with Gasteiger partial charge in [0.25, 0.3) is 0 Å². The van der Waals surface area contributed by atoms with Crippen molar-refractivity contribution in [1.29, 1.82) is 0 Å². The van der Waals surface area contributed by atoms with Gasteiger partial charge in [-0.05, 0) is 42.7 Å². The molecule has 2 rings (SSSR count). The van der Waals surface area contributed by atoms with E-state index in [1.807, 2.05) is 19.1 Å². The molecule has 0 spiro atoms. The van der Waals surface area contributed by atoms with Gasteiger partial charge in [0.15, 0.2) is 0 Å². The molecular formula is C14H15NO. The average Bonchev–Trinajstić information content (AvgIpc) is 2.24. The molecule has 16 heavy (non-hydrogen) atoms. The Hall–Kier alpha value is -1.96. The molecule has 82 valence electrons. The number of phenols is 1. The number of hydrogen-bond donors (Lipinski definition) is 2. The lowest BCUT2D eigenvalue weighted by atomic mass is 9.95. The topological polar surface area (TPSA) is 46.2 Å². The number of nitrogens with two attached hydrogens (primary N) is 1. The van der Waals surface area contributed by atoms with Gasteiger partial charge in [-0.15, -0.1) is 0 Å². The quantitative estimate of drug-likeness (QED) is 0.714. The van der Waals surface area contributed by atoms with E-state index >= 15 is 0 Å². The van der Waals surface area contributed by atoms with E-state index in [0.717, 1.165) is 16.7 Å². The van der Waals surface area contributed by atoms with E-state index in [-0.39, 0.29) is 5.75 Å². The molecule has 2 heteroatoms. The first kappa shape index (κ1) is 10.6. The van der Waals surface area contributed by atoms with Crippen molar-refractivity contribution in [3.05, 3.63) is 47.5 Å². The number of phenolic OH excluding ortho intramolecular Hbond substituents is 1. The van der Waals surface area contributed by atoms with Crippen molar-refractivity contribution in [3.63, 3.8) is 0 Å². The monoisotopic (exact) mass is 213 g/mol. The van der Waals surface area contributed by atoms with Crippen LogP contribution in [0.15, 0.2) is 36.4 Å². The molecule has 0 radical (unpaired) electrons. The van der Waals surface area contributed by atoms with Crippen molar-refractivity contribution in [3.8, 4) is 16.9 Å². The van der Waals surface area contributed by atoms with Gasteiger partial charge < -0.3 is 10.8 Å². The lowest BCUT2D eigenvalue weighted by Crippen LogP contribution is -1.93. The van der Waals surface area contributed by atoms with E-state index in [1.54, 1.807) is 18.2 Å². The molecule has 0 aromatic heterocycles. The molecule has 2 aromatic carbocycles. The van der Waals surface area contributed by atoms with Crippen molar-refractivity contribution in [1.82, 2.24) is 0 Å². The molecule has 0 fully saturated rings. The minimum Gasteiger partial charge on any atom is -0.507 e. The molecule has 2 nitrogen and oxygen atoms in total. The van der Waals surface area contributed by atoms with E-state index in [0.29, 0.717) is 5.69 Å². The summed E-state index contributed by atoms with van der Waals surface area (Å²) in [6.45, 7) is 4.09. The number of benzene rings is 2. The Morgan fingerprint density at radius 3 is 2.38 bits per heavy atom. The van der Waals surface area contributed by atoms with E-state index in [4.69, 9.17) is 5.73 Å². The summed E-state index contributed by atoms with van der Waals surface area (Å²) in [4.78, 5) is 0. The van der Waals surface area contributed by atoms with E-state index in [1.165, 1.54) is 5.56 Å². The van der Waals surface area contributed by atoms with Crippen LogP contribution in [0.4, 0.5) is 5.69 Å². The molecule has 0 unspecified atom stereocenters. The van der Waals surface area contributed by atoms with Crippen LogP contribution in [0.2, 0.25) is 0 Å². The standard InChI is InChI=1S/C14H15NO/c1-9-5-3-6-11(10(9)2)14-12(15)7-4-8-13(14)16/h3-8,16H,15H2,1-2H3. The Balaban J connectivity index is 2.73. The summed E-state index contributed by atoms with van der Waals surface area (Å²) in [5.41, 5.74) is 10.6. The van der Waals surface area contributed by atoms with Crippen LogP contribution in [0, 0.1) is 13.8 Å². The van der Waals surface area contributed by atoms with E-state index < -0.39 is 0 Å². The molecule has 0 saturated carbocycles. The predicted molar refractivity (Wildman–Crippen MR) is 67.4 cm³/mol. The Morgan fingerprint density at radius 2 is 1.69 bits per heavy atom. The van der Waals surface area contributed by atoms with E-state index in [2.05, 4.69) is 13.0 Å². The zero-order valence-corrected chi connectivity index (χ0v) is 9.49. The third-order valence-corrected chi connectivity index (χ3v) is 2.95. The highest BCUT2D eigenvalue weighted by Crippen LogP contribution is 2.36. The average molecular weight is 213 g/mol. The van der Waals surface area contributed by atoms with Crippen LogP contribution < -0.4 is 5.73 Å². The van der Waals surface area contributed by atoms with Crippen molar-refractivity contribution in [2.45, 2.75) is 13.8 Å². The molecule has 0 aliphatic carbocycles. The van der Waals surface area contributed by atoms with Gasteiger partial charge in [0.05, 0.1) is 0 Å². The summed E-state index contributed by atoms with van der Waals surface area (Å²) in [5.74, 6) is 0.230. The number of rotatable bonds is 1. The fraction of sp³-hybridized carbons (Fsp3) is 0.143. The minimum atomic E-state index is 0.230. The Kier molecular flexibility index (Phi) is 2.57. The van der Waals surface area contributed by atoms with Crippen LogP contribution in [-0.2, 0) is 0 Å². The van der Waals surface area contributed by atoms with Crippen LogP contribution >= 0.6 is 0 Å². The molecule has 0 bridgehead atoms. The Morgan fingerprint density at radius 1 is 1.00 bits per heavy atom. The molecule has 3 N–H and O–H groups in total. The van der Waals surface area contributed by atoms with Crippen LogP contribution in [0.25, 0.3) is 11.1 Å². The van der Waals surface area contributed by atoms with Gasteiger partial charge in [0.1, 0.15) is 5.75 Å². The number of anilines is 1. The second-order valence-electron chi connectivity index (χ2n) is 3.99. The maximum Gasteiger partial charge on any atom is 0.125 e. The van der Waals surface area contributed by atoms with Gasteiger partial charge in [-0.3, -0.25) is 0 Å². The first-order valence-corrected chi connectivity index (χ1v) is 5.25. The molecule has 0 aliphatic rings. The van der Waals surface area contributed by atoms with Crippen LogP contribution in [0.3, 0.4) is 0 Å². The SMILES string of the molecule is Cc1cccc(-c2c(N)cccc2O)c1C. The first-order chi connectivity index (χ1) is 7.61. The maximum atomic E-state index is 9.88. The summed E-state index contributed by atoms with van der Waals surface area (Å²) in [7, 11) is 0. The lowest BCUT2D eigenvalue weighted by molar-refractivity contribution is 0.477. The van der Waals surface area contributed by atoms with Gasteiger partial charge in [-0.2, -0.15) is 0 Å². The molecule has 0 aliphatic heterocycles. The molecular weight excluding hydrogens is 198 g/mol. The zero-order chi connectivity index (χ0) is 11.7. The third kappa shape index (κ3) is 1.63. The largest absolute Gasteiger partial charge is 0.507 e. The second kappa shape index (κ2) is 3.89. The molecule has 2 aromatic rings. The maximum absolute atomic E-state index is 9.88. The summed E-state index contributed by atoms with van der Waals surface area (Å²) >= 11 is 0. The normalized spacial score (nSPS) is 10.4. The van der Waals surface area contributed by atoms with Gasteiger partial charge in [-0.25, -0.2) is 0 Å². The van der Waals surface area contributed by atoms with Crippen LogP contribution in [0.5, 0.6) is 5.75 Å². The molecule has 0 atom stereocenters. The van der Waals surface area contributed by atoms with Crippen molar-refractivity contribution in [2.24, 2.45) is 0 Å². The highest BCUT2D eigenvalue weighted by Gasteiger charge is 2.10. The predicted octanol–water partition coefficient (Wildman–Crippen LogP) is 3.26. The van der Waals surface area contributed by atoms with Crippen LogP contribution in [0.1, 0.15) is 11.1 Å². The number of hydrogen-bond acceptors (Lipinski definition) is 2. The number of nitrogen functional groups attached to an aromatic ring is 1. The van der Waals surface area contributed by atoms with E-state index in [9.17, 15) is 5.11 Å². The smallest absolute Gasteiger partial charge is 0.125 e. The Bertz CT molecular complexity index is 512. The highest BCUT2D eigenvalue weighted by molar-refractivity contribution is 5.83. The molecule has 0 saturated heterocycles. The Labute approximate surface area is 95.4 Å². The van der Waals surface area contributed by atoms with Gasteiger partial charge in [0.2, 0.25) is 0 Å². The minimum absolute atomic E-state index is 0.230. The molecule has 0 heterocycles. The summed E-state index contributed by atoms with van der Waals surface area (Å²) in [5, 5.41) is 9.88. The summed E-state index contributed by atoms with van der Waals surface area (Å²) < 4.78 is 0. The van der Waals surface area contributed by atoms with Crippen molar-refractivity contribution < 1.29 is 5.11 Å². The first-order valence-electron chi connectivity index (χ1n) is 5.25. The zero-order valence-electron chi connectivity index (χ0n) is 9.49. The van der Waals surface area contributed by atoms with Gasteiger partial charge in [-0.1, -0.05) is 24.3 Å². The summed E-state index contributed by atoms with van der Waals surface area (Å²) in [6, 6.07) is 11.2. The second-order valence-corrected chi connectivity index (χ2v) is 3.99. The lowest BCUT2D eigenvalue weighted by Gasteiger charge is -2.12. The molecule has 0 amide bonds. The fourth-order valence-electron chi connectivity index (χ4n) is 1.87. The van der Waals surface area contributed by atoms with Crippen LogP contribution in [-0.4, -0.2) is 5.11 Å². The highest BCUT2D eigenvalue weighted by atomic mass is 16.3. The van der Waals surface area contributed by atoms with Crippen molar-refractivity contribution in [2.75, 3.05) is 5.73 Å². The van der Waals surface area contributed by atoms with Gasteiger partial charge >= 0.3 is 0 Å². The fourth-order valence-corrected chi connectivity index (χ4v) is 1.87. The van der Waals surface area contributed by atoms with Gasteiger partial charge in [0, 0.05) is 11.3 Å². The third-order valence-electron chi connectivity index (χ3n) is 2.95. The summed E-state index contributed by atoms with van der Waals surface area (Å²) in [6.07, 6.45) is 0.